The highest BCUT2D eigenvalue weighted by Crippen LogP contribution is 2.21. The first-order chi connectivity index (χ1) is 8.85. The van der Waals surface area contributed by atoms with Crippen molar-refractivity contribution in [1.29, 1.82) is 0 Å². The number of nitrogens with zero attached hydrogens (tertiary/aromatic N) is 2. The average molecular weight is 274 g/mol. The molecular weight excluding hydrogens is 252 g/mol. The second-order valence-electron chi connectivity index (χ2n) is 4.37. The maximum Gasteiger partial charge on any atom is 0.501 e. The molecule has 0 radical (unpaired) electrons. The summed E-state index contributed by atoms with van der Waals surface area (Å²) in [4.78, 5) is 7.40. The highest BCUT2D eigenvalue weighted by molar-refractivity contribution is 6.60. The second kappa shape index (κ2) is 7.20. The van der Waals surface area contributed by atoms with Crippen LogP contribution < -0.4 is 0 Å². The molecule has 0 saturated carbocycles. The van der Waals surface area contributed by atoms with E-state index in [2.05, 4.69) is 10.1 Å². The predicted octanol–water partition coefficient (Wildman–Crippen LogP) is 0.717. The summed E-state index contributed by atoms with van der Waals surface area (Å²) in [5.41, 5.74) is 0. The van der Waals surface area contributed by atoms with Crippen molar-refractivity contribution in [3.05, 3.63) is 0 Å². The molecule has 0 aliphatic carbocycles. The van der Waals surface area contributed by atoms with Gasteiger partial charge in [-0.2, -0.15) is 0 Å². The maximum absolute atomic E-state index is 5.91. The Labute approximate surface area is 109 Å². The Hall–Kier alpha value is -0.473. The smallest absolute Gasteiger partial charge is 0.396 e. The predicted molar refractivity (Wildman–Crippen MR) is 69.6 cm³/mol. The Morgan fingerprint density at radius 3 is 2.33 bits per heavy atom. The molecule has 3 heterocycles. The van der Waals surface area contributed by atoms with E-state index in [1.165, 1.54) is 0 Å². The molecule has 0 aromatic carbocycles. The first-order valence-corrected chi connectivity index (χ1v) is 8.52. The zero-order chi connectivity index (χ0) is 12.7. The Balaban J connectivity index is 1.81. The van der Waals surface area contributed by atoms with E-state index >= 15 is 0 Å². The molecule has 0 N–H and O–H groups in total. The van der Waals surface area contributed by atoms with Gasteiger partial charge in [0.05, 0.1) is 19.8 Å². The summed E-state index contributed by atoms with van der Waals surface area (Å²) < 4.78 is 17.7. The van der Waals surface area contributed by atoms with Crippen LogP contribution in [0.2, 0.25) is 6.04 Å². The Morgan fingerprint density at radius 2 is 1.78 bits per heavy atom. The number of fused-ring (bicyclic) bond motifs is 6. The van der Waals surface area contributed by atoms with Gasteiger partial charge in [-0.25, -0.2) is 0 Å². The van der Waals surface area contributed by atoms with Gasteiger partial charge in [0, 0.05) is 31.9 Å². The Bertz CT molecular complexity index is 251. The summed E-state index contributed by atoms with van der Waals surface area (Å²) in [5, 5.41) is 3.73. The van der Waals surface area contributed by atoms with Crippen LogP contribution in [0.3, 0.4) is 0 Å². The lowest BCUT2D eigenvalue weighted by molar-refractivity contribution is -0.00969. The highest BCUT2D eigenvalue weighted by atomic mass is 28.4. The van der Waals surface area contributed by atoms with Crippen molar-refractivity contribution in [1.82, 2.24) is 4.90 Å². The van der Waals surface area contributed by atoms with Gasteiger partial charge in [0.2, 0.25) is 0 Å². The minimum absolute atomic E-state index is 0.585. The van der Waals surface area contributed by atoms with Gasteiger partial charge in [-0.1, -0.05) is 5.16 Å². The molecule has 18 heavy (non-hydrogen) atoms. The molecule has 0 amide bonds. The lowest BCUT2D eigenvalue weighted by atomic mass is 10.4. The van der Waals surface area contributed by atoms with Crippen LogP contribution in [0, 0.1) is 0 Å². The molecule has 0 unspecified atom stereocenters. The Kier molecular flexibility index (Phi) is 5.58. The molecule has 6 nitrogen and oxygen atoms in total. The molecule has 7 heteroatoms. The fourth-order valence-corrected chi connectivity index (χ4v) is 4.62. The van der Waals surface area contributed by atoms with E-state index in [4.69, 9.17) is 18.1 Å². The monoisotopic (exact) mass is 274 g/mol. The van der Waals surface area contributed by atoms with Gasteiger partial charge >= 0.3 is 8.80 Å². The van der Waals surface area contributed by atoms with E-state index in [9.17, 15) is 0 Å². The van der Waals surface area contributed by atoms with Crippen LogP contribution in [0.4, 0.5) is 0 Å². The topological polar surface area (TPSA) is 52.5 Å². The first kappa shape index (κ1) is 13.9. The van der Waals surface area contributed by atoms with Crippen LogP contribution in [0.1, 0.15) is 13.3 Å². The first-order valence-electron chi connectivity index (χ1n) is 6.59. The van der Waals surface area contributed by atoms with E-state index in [0.29, 0.717) is 26.4 Å². The van der Waals surface area contributed by atoms with Crippen LogP contribution in [0.5, 0.6) is 0 Å². The summed E-state index contributed by atoms with van der Waals surface area (Å²) in [6.07, 6.45) is 2.49. The van der Waals surface area contributed by atoms with Gasteiger partial charge in [0.25, 0.3) is 0 Å². The molecule has 3 saturated heterocycles. The number of rotatable bonds is 5. The van der Waals surface area contributed by atoms with Gasteiger partial charge in [0.1, 0.15) is 6.61 Å². The fraction of sp³-hybridized carbons (Fsp3) is 0.909. The third kappa shape index (κ3) is 4.03. The molecule has 0 aromatic heterocycles. The van der Waals surface area contributed by atoms with Gasteiger partial charge in [-0.3, -0.25) is 4.90 Å². The summed E-state index contributed by atoms with van der Waals surface area (Å²) in [6.45, 7) is 7.49. The maximum atomic E-state index is 5.91. The van der Waals surface area contributed by atoms with Crippen LogP contribution >= 0.6 is 0 Å². The van der Waals surface area contributed by atoms with Crippen LogP contribution in [0.25, 0.3) is 0 Å². The molecule has 3 rings (SSSR count). The third-order valence-electron chi connectivity index (χ3n) is 3.09. The van der Waals surface area contributed by atoms with E-state index in [1.54, 1.807) is 6.21 Å². The van der Waals surface area contributed by atoms with Crippen molar-refractivity contribution >= 4 is 15.0 Å². The largest absolute Gasteiger partial charge is 0.501 e. The third-order valence-corrected chi connectivity index (χ3v) is 5.98. The van der Waals surface area contributed by atoms with Crippen molar-refractivity contribution in [3.63, 3.8) is 0 Å². The van der Waals surface area contributed by atoms with Crippen LogP contribution in [-0.4, -0.2) is 66.0 Å². The molecule has 0 atom stereocenters. The van der Waals surface area contributed by atoms with Crippen LogP contribution in [0.15, 0.2) is 5.16 Å². The van der Waals surface area contributed by atoms with E-state index in [-0.39, 0.29) is 0 Å². The standard InChI is InChI=1S/C11H22N2O4Si/c1-2-12-14-7-3-11-18-15-8-4-13(5-9-16-18)6-10-17-18/h2H,3-11H2,1H3/b12-2+. The number of hydrogen-bond donors (Lipinski definition) is 0. The molecule has 3 fully saturated rings. The van der Waals surface area contributed by atoms with E-state index in [0.717, 1.165) is 32.1 Å². The van der Waals surface area contributed by atoms with Crippen LogP contribution in [-0.2, 0) is 18.1 Å². The number of oxime groups is 1. The molecular formula is C11H22N2O4Si. The van der Waals surface area contributed by atoms with Gasteiger partial charge in [-0.05, 0) is 13.3 Å². The SMILES string of the molecule is C/C=N/OCCC[Si]12OCCN(CCO1)CCO2. The average Bonchev–Trinajstić information content (AvgIpc) is 2.29. The zero-order valence-corrected chi connectivity index (χ0v) is 12.0. The lowest BCUT2D eigenvalue weighted by Gasteiger charge is -2.38. The molecule has 3 aliphatic rings. The molecule has 3 aliphatic heterocycles. The molecule has 0 spiro atoms. The molecule has 104 valence electrons. The molecule has 2 bridgehead atoms. The minimum Gasteiger partial charge on any atom is -0.396 e. The second-order valence-corrected chi connectivity index (χ2v) is 7.10. The summed E-state index contributed by atoms with van der Waals surface area (Å²) in [6, 6.07) is 0.812. The van der Waals surface area contributed by atoms with Gasteiger partial charge in [0.15, 0.2) is 0 Å². The van der Waals surface area contributed by atoms with Crippen molar-refractivity contribution in [2.45, 2.75) is 19.4 Å². The normalized spacial score (nSPS) is 33.1. The number of hydrogen-bond acceptors (Lipinski definition) is 6. The van der Waals surface area contributed by atoms with Crippen molar-refractivity contribution in [3.8, 4) is 0 Å². The highest BCUT2D eigenvalue weighted by Gasteiger charge is 2.43. The zero-order valence-electron chi connectivity index (χ0n) is 11.0. The summed E-state index contributed by atoms with van der Waals surface area (Å²) >= 11 is 0. The minimum atomic E-state index is -2.45. The molecule has 0 aromatic rings. The van der Waals surface area contributed by atoms with E-state index in [1.807, 2.05) is 6.92 Å². The van der Waals surface area contributed by atoms with Gasteiger partial charge in [-0.15, -0.1) is 0 Å². The fourth-order valence-electron chi connectivity index (χ4n) is 2.15. The summed E-state index contributed by atoms with van der Waals surface area (Å²) in [5.74, 6) is 0. The quantitative estimate of drug-likeness (QED) is 0.320. The van der Waals surface area contributed by atoms with Gasteiger partial charge < -0.3 is 18.1 Å². The lowest BCUT2D eigenvalue weighted by Crippen LogP contribution is -2.55. The Morgan fingerprint density at radius 1 is 1.17 bits per heavy atom. The van der Waals surface area contributed by atoms with E-state index < -0.39 is 8.80 Å². The van der Waals surface area contributed by atoms with Crippen molar-refractivity contribution in [2.75, 3.05) is 46.1 Å². The van der Waals surface area contributed by atoms with Crippen molar-refractivity contribution in [2.24, 2.45) is 5.16 Å². The van der Waals surface area contributed by atoms with Crippen molar-refractivity contribution < 1.29 is 18.1 Å². The summed E-state index contributed by atoms with van der Waals surface area (Å²) in [7, 11) is -2.45.